The molecular weight excluding hydrogens is 400 g/mol. The van der Waals surface area contributed by atoms with Gasteiger partial charge in [-0.1, -0.05) is 53.5 Å². The van der Waals surface area contributed by atoms with E-state index in [2.05, 4.69) is 46.8 Å². The maximum atomic E-state index is 11.0. The lowest BCUT2D eigenvalue weighted by molar-refractivity contribution is -0.136. The second-order valence-electron chi connectivity index (χ2n) is 10.5. The number of unbranched alkanes of at least 4 members (excludes halogenated alkanes) is 2. The van der Waals surface area contributed by atoms with Gasteiger partial charge in [0.1, 0.15) is 11.5 Å². The molecule has 1 aliphatic carbocycles. The fourth-order valence-electron chi connectivity index (χ4n) is 4.66. The van der Waals surface area contributed by atoms with Crippen molar-refractivity contribution in [3.05, 3.63) is 47.0 Å². The van der Waals surface area contributed by atoms with Gasteiger partial charge in [0.25, 0.3) is 0 Å². The lowest BCUT2D eigenvalue weighted by Crippen LogP contribution is -2.34. The third kappa shape index (κ3) is 5.28. The molecule has 2 N–H and O–H groups in total. The first-order chi connectivity index (χ1) is 15.0. The molecule has 0 aromatic heterocycles. The van der Waals surface area contributed by atoms with Crippen molar-refractivity contribution in [3.63, 3.8) is 0 Å². The molecule has 0 amide bonds. The number of aromatic hydroxyl groups is 1. The Hall–Kier alpha value is -2.49. The van der Waals surface area contributed by atoms with Crippen molar-refractivity contribution >= 4 is 5.97 Å². The zero-order chi connectivity index (χ0) is 23.5. The number of aliphatic carboxylic acids is 1. The molecule has 0 atom stereocenters. The summed E-state index contributed by atoms with van der Waals surface area (Å²) in [6.45, 7) is 12.0. The van der Waals surface area contributed by atoms with E-state index in [-0.39, 0.29) is 23.0 Å². The van der Waals surface area contributed by atoms with Gasteiger partial charge in [0.15, 0.2) is 0 Å². The normalized spacial score (nSPS) is 16.4. The summed E-state index contributed by atoms with van der Waals surface area (Å²) in [7, 11) is 0. The molecule has 0 saturated heterocycles. The predicted molar refractivity (Wildman–Crippen MR) is 130 cm³/mol. The van der Waals surface area contributed by atoms with Gasteiger partial charge >= 0.3 is 5.97 Å². The number of rotatable bonds is 9. The summed E-state index contributed by atoms with van der Waals surface area (Å²) >= 11 is 0. The maximum absolute atomic E-state index is 11.0. The van der Waals surface area contributed by atoms with Crippen LogP contribution < -0.4 is 4.74 Å². The Morgan fingerprint density at radius 3 is 2.25 bits per heavy atom. The molecule has 0 saturated carbocycles. The Morgan fingerprint density at radius 1 is 0.969 bits per heavy atom. The number of phenols is 1. The topological polar surface area (TPSA) is 66.8 Å². The second-order valence-corrected chi connectivity index (χ2v) is 10.5. The standard InChI is InChI=1S/C28H38O4/c1-6-7-8-15-32-25-18-23-22(27(2,3)13-14-28(23,4)5)17-21(25)20-16-19(9-11-24(20)29)10-12-26(30)31/h9,11,16-18,29H,6-8,10,12-15H2,1-5H3,(H,30,31). The van der Waals surface area contributed by atoms with Gasteiger partial charge < -0.3 is 14.9 Å². The molecule has 0 spiro atoms. The summed E-state index contributed by atoms with van der Waals surface area (Å²) in [5, 5.41) is 19.8. The Balaban J connectivity index is 2.13. The molecule has 2 aromatic carbocycles. The summed E-state index contributed by atoms with van der Waals surface area (Å²) < 4.78 is 6.31. The molecule has 2 aromatic rings. The van der Waals surface area contributed by atoms with Crippen molar-refractivity contribution in [2.75, 3.05) is 6.61 Å². The average Bonchev–Trinajstić information content (AvgIpc) is 2.73. The van der Waals surface area contributed by atoms with Crippen molar-refractivity contribution in [1.82, 2.24) is 0 Å². The zero-order valence-corrected chi connectivity index (χ0v) is 20.3. The number of phenolic OH excluding ortho intramolecular Hbond substituents is 1. The van der Waals surface area contributed by atoms with Crippen LogP contribution in [0.4, 0.5) is 0 Å². The van der Waals surface area contributed by atoms with Crippen LogP contribution in [0.5, 0.6) is 11.5 Å². The first-order valence-electron chi connectivity index (χ1n) is 11.9. The minimum absolute atomic E-state index is 0.0386. The van der Waals surface area contributed by atoms with E-state index in [1.165, 1.54) is 11.1 Å². The molecule has 0 fully saturated rings. The molecule has 1 aliphatic rings. The highest BCUT2D eigenvalue weighted by atomic mass is 16.5. The third-order valence-electron chi connectivity index (χ3n) is 6.94. The fraction of sp³-hybridized carbons (Fsp3) is 0.536. The molecule has 32 heavy (non-hydrogen) atoms. The van der Waals surface area contributed by atoms with Crippen LogP contribution in [-0.4, -0.2) is 22.8 Å². The van der Waals surface area contributed by atoms with E-state index in [1.807, 2.05) is 6.07 Å². The third-order valence-corrected chi connectivity index (χ3v) is 6.94. The molecule has 4 nitrogen and oxygen atoms in total. The van der Waals surface area contributed by atoms with E-state index in [0.29, 0.717) is 18.6 Å². The van der Waals surface area contributed by atoms with Crippen LogP contribution in [0.1, 0.15) is 89.8 Å². The fourth-order valence-corrected chi connectivity index (χ4v) is 4.66. The van der Waals surface area contributed by atoms with Crippen LogP contribution in [0.25, 0.3) is 11.1 Å². The minimum Gasteiger partial charge on any atom is -0.507 e. The first kappa shape index (κ1) is 24.2. The van der Waals surface area contributed by atoms with Gasteiger partial charge in [0.2, 0.25) is 0 Å². The summed E-state index contributed by atoms with van der Waals surface area (Å²) in [4.78, 5) is 11.0. The van der Waals surface area contributed by atoms with Crippen molar-refractivity contribution < 1.29 is 19.7 Å². The SMILES string of the molecule is CCCCCOc1cc2c(cc1-c1cc(CCC(=O)O)ccc1O)C(C)(C)CCC2(C)C. The van der Waals surface area contributed by atoms with Crippen LogP contribution in [0.2, 0.25) is 0 Å². The van der Waals surface area contributed by atoms with Crippen molar-refractivity contribution in [2.24, 2.45) is 0 Å². The van der Waals surface area contributed by atoms with Gasteiger partial charge in [-0.05, 0) is 77.5 Å². The van der Waals surface area contributed by atoms with Gasteiger partial charge in [0, 0.05) is 17.5 Å². The number of benzene rings is 2. The number of carboxylic acids is 1. The van der Waals surface area contributed by atoms with E-state index in [1.54, 1.807) is 12.1 Å². The molecule has 0 radical (unpaired) electrons. The van der Waals surface area contributed by atoms with E-state index in [0.717, 1.165) is 49.0 Å². The molecule has 0 bridgehead atoms. The Labute approximate surface area is 192 Å². The number of ether oxygens (including phenoxy) is 1. The number of carboxylic acid groups (broad SMARTS) is 1. The highest BCUT2D eigenvalue weighted by molar-refractivity contribution is 5.78. The van der Waals surface area contributed by atoms with Gasteiger partial charge in [0.05, 0.1) is 6.61 Å². The highest BCUT2D eigenvalue weighted by Crippen LogP contribution is 2.50. The summed E-state index contributed by atoms with van der Waals surface area (Å²) in [5.41, 5.74) is 5.23. The quantitative estimate of drug-likeness (QED) is 0.414. The molecule has 0 unspecified atom stereocenters. The van der Waals surface area contributed by atoms with Gasteiger partial charge in [-0.2, -0.15) is 0 Å². The summed E-state index contributed by atoms with van der Waals surface area (Å²) in [6.07, 6.45) is 5.97. The lowest BCUT2D eigenvalue weighted by Gasteiger charge is -2.42. The van der Waals surface area contributed by atoms with Crippen molar-refractivity contribution in [3.8, 4) is 22.6 Å². The minimum atomic E-state index is -0.822. The molecule has 174 valence electrons. The average molecular weight is 439 g/mol. The molecule has 4 heteroatoms. The number of hydrogen-bond donors (Lipinski definition) is 2. The highest BCUT2D eigenvalue weighted by Gasteiger charge is 2.38. The molecular formula is C28H38O4. The van der Waals surface area contributed by atoms with Crippen LogP contribution in [0.3, 0.4) is 0 Å². The van der Waals surface area contributed by atoms with E-state index in [4.69, 9.17) is 9.84 Å². The van der Waals surface area contributed by atoms with Crippen LogP contribution in [0, 0.1) is 0 Å². The van der Waals surface area contributed by atoms with E-state index >= 15 is 0 Å². The maximum Gasteiger partial charge on any atom is 0.303 e. The van der Waals surface area contributed by atoms with Crippen LogP contribution >= 0.6 is 0 Å². The lowest BCUT2D eigenvalue weighted by atomic mass is 9.62. The monoisotopic (exact) mass is 438 g/mol. The molecule has 0 heterocycles. The van der Waals surface area contributed by atoms with Gasteiger partial charge in [-0.3, -0.25) is 4.79 Å². The van der Waals surface area contributed by atoms with E-state index in [9.17, 15) is 9.90 Å². The number of hydrogen-bond acceptors (Lipinski definition) is 3. The van der Waals surface area contributed by atoms with Crippen LogP contribution in [0.15, 0.2) is 30.3 Å². The summed E-state index contributed by atoms with van der Waals surface area (Å²) in [5.74, 6) is 0.170. The number of aryl methyl sites for hydroxylation is 1. The van der Waals surface area contributed by atoms with Gasteiger partial charge in [-0.15, -0.1) is 0 Å². The Morgan fingerprint density at radius 2 is 1.62 bits per heavy atom. The smallest absolute Gasteiger partial charge is 0.303 e. The van der Waals surface area contributed by atoms with Crippen LogP contribution in [-0.2, 0) is 22.0 Å². The Kier molecular flexibility index (Phi) is 7.22. The predicted octanol–water partition coefficient (Wildman–Crippen LogP) is 6.99. The van der Waals surface area contributed by atoms with Crippen molar-refractivity contribution in [1.29, 1.82) is 0 Å². The van der Waals surface area contributed by atoms with E-state index < -0.39 is 5.97 Å². The molecule has 3 rings (SSSR count). The first-order valence-corrected chi connectivity index (χ1v) is 11.9. The van der Waals surface area contributed by atoms with Crippen molar-refractivity contribution in [2.45, 2.75) is 90.4 Å². The molecule has 0 aliphatic heterocycles. The Bertz CT molecular complexity index is 972. The number of carbonyl (C=O) groups is 1. The number of fused-ring (bicyclic) bond motifs is 1. The second kappa shape index (κ2) is 9.56. The van der Waals surface area contributed by atoms with Gasteiger partial charge in [-0.25, -0.2) is 0 Å². The largest absolute Gasteiger partial charge is 0.507 e. The zero-order valence-electron chi connectivity index (χ0n) is 20.3. The summed E-state index contributed by atoms with van der Waals surface area (Å²) in [6, 6.07) is 9.79.